The quantitative estimate of drug-likeness (QED) is 0.613. The fourth-order valence-corrected chi connectivity index (χ4v) is 2.52. The fourth-order valence-electron chi connectivity index (χ4n) is 2.52. The van der Waals surface area contributed by atoms with Crippen LogP contribution in [0.25, 0.3) is 10.9 Å². The van der Waals surface area contributed by atoms with Gasteiger partial charge in [0.1, 0.15) is 5.75 Å². The molecule has 3 N–H and O–H groups in total. The van der Waals surface area contributed by atoms with Gasteiger partial charge in [-0.15, -0.1) is 0 Å². The fraction of sp³-hybridized carbons (Fsp3) is 0.357. The second kappa shape index (κ2) is 6.02. The van der Waals surface area contributed by atoms with Gasteiger partial charge in [-0.05, 0) is 12.0 Å². The van der Waals surface area contributed by atoms with Crippen molar-refractivity contribution in [3.8, 4) is 5.75 Å². The monoisotopic (exact) mass is 307 g/mol. The minimum absolute atomic E-state index is 0.0321. The van der Waals surface area contributed by atoms with Crippen molar-refractivity contribution in [1.82, 2.24) is 4.57 Å². The lowest BCUT2D eigenvalue weighted by molar-refractivity contribution is -0.383. The van der Waals surface area contributed by atoms with Gasteiger partial charge in [0.15, 0.2) is 0 Å². The number of hydrogen-bond donors (Lipinski definition) is 2. The Morgan fingerprint density at radius 1 is 1.55 bits per heavy atom. The van der Waals surface area contributed by atoms with Gasteiger partial charge < -0.3 is 20.1 Å². The maximum absolute atomic E-state index is 11.3. The first-order valence-electron chi connectivity index (χ1n) is 6.62. The lowest BCUT2D eigenvalue weighted by Crippen LogP contribution is -2.25. The van der Waals surface area contributed by atoms with E-state index in [1.165, 1.54) is 13.2 Å². The predicted octanol–water partition coefficient (Wildman–Crippen LogP) is 1.30. The Morgan fingerprint density at radius 2 is 2.23 bits per heavy atom. The summed E-state index contributed by atoms with van der Waals surface area (Å²) in [7, 11) is 3.18. The molecule has 0 amide bonds. The van der Waals surface area contributed by atoms with Crippen LogP contribution in [0.4, 0.5) is 5.69 Å². The second-order valence-electron chi connectivity index (χ2n) is 5.04. The van der Waals surface area contributed by atoms with E-state index in [9.17, 15) is 14.9 Å². The summed E-state index contributed by atoms with van der Waals surface area (Å²) < 4.78 is 6.80. The molecule has 0 aliphatic heterocycles. The van der Waals surface area contributed by atoms with E-state index in [1.54, 1.807) is 23.9 Å². The number of nitrogens with two attached hydrogens (primary N) is 1. The summed E-state index contributed by atoms with van der Waals surface area (Å²) >= 11 is 0. The molecular weight excluding hydrogens is 290 g/mol. The van der Waals surface area contributed by atoms with Crippen LogP contribution in [-0.4, -0.2) is 34.2 Å². The third-order valence-electron chi connectivity index (χ3n) is 3.65. The van der Waals surface area contributed by atoms with Crippen molar-refractivity contribution >= 4 is 22.6 Å². The Kier molecular flexibility index (Phi) is 4.32. The highest BCUT2D eigenvalue weighted by Crippen LogP contribution is 2.35. The zero-order chi connectivity index (χ0) is 16.4. The number of ether oxygens (including phenoxy) is 1. The first kappa shape index (κ1) is 15.8. The van der Waals surface area contributed by atoms with Crippen LogP contribution in [0, 0.1) is 16.0 Å². The Hall–Kier alpha value is -2.61. The van der Waals surface area contributed by atoms with Crippen molar-refractivity contribution in [3.63, 3.8) is 0 Å². The summed E-state index contributed by atoms with van der Waals surface area (Å²) in [6, 6.07) is 3.02. The molecule has 8 nitrogen and oxygen atoms in total. The molecule has 1 atom stereocenters. The number of nitro groups is 1. The third kappa shape index (κ3) is 2.73. The maximum Gasteiger partial charge on any atom is 0.308 e. The van der Waals surface area contributed by atoms with Crippen LogP contribution in [0.5, 0.6) is 5.75 Å². The standard InChI is InChI=1S/C14H17N3O5/c1-16-7-9(3-8(6-15)14(18)19)13-11(16)4-10(22-2)5-12(13)17(20)21/h4-5,7-8H,3,6,15H2,1-2H3,(H,18,19). The van der Waals surface area contributed by atoms with Crippen molar-refractivity contribution in [2.75, 3.05) is 13.7 Å². The van der Waals surface area contributed by atoms with E-state index in [2.05, 4.69) is 0 Å². The van der Waals surface area contributed by atoms with Crippen molar-refractivity contribution in [2.24, 2.45) is 18.7 Å². The summed E-state index contributed by atoms with van der Waals surface area (Å²) in [5.41, 5.74) is 6.57. The molecule has 118 valence electrons. The van der Waals surface area contributed by atoms with E-state index < -0.39 is 16.8 Å². The predicted molar refractivity (Wildman–Crippen MR) is 80.0 cm³/mol. The Labute approximate surface area is 126 Å². The van der Waals surface area contributed by atoms with Crippen LogP contribution in [-0.2, 0) is 18.3 Å². The lowest BCUT2D eigenvalue weighted by atomic mass is 9.98. The van der Waals surface area contributed by atoms with Crippen LogP contribution >= 0.6 is 0 Å². The SMILES string of the molecule is COc1cc([N+](=O)[O-])c2c(CC(CN)C(=O)O)cn(C)c2c1. The van der Waals surface area contributed by atoms with Crippen LogP contribution in [0.1, 0.15) is 5.56 Å². The van der Waals surface area contributed by atoms with Gasteiger partial charge in [-0.25, -0.2) is 0 Å². The normalized spacial score (nSPS) is 12.3. The van der Waals surface area contributed by atoms with Gasteiger partial charge in [-0.3, -0.25) is 14.9 Å². The summed E-state index contributed by atoms with van der Waals surface area (Å²) in [5.74, 6) is -1.43. The van der Waals surface area contributed by atoms with Gasteiger partial charge in [0.05, 0.1) is 34.9 Å². The molecule has 1 aromatic heterocycles. The Bertz CT molecular complexity index is 738. The average Bonchev–Trinajstić information content (AvgIpc) is 2.79. The molecular formula is C14H17N3O5. The van der Waals surface area contributed by atoms with Gasteiger partial charge in [-0.1, -0.05) is 0 Å². The molecule has 0 aliphatic rings. The summed E-state index contributed by atoms with van der Waals surface area (Å²) in [4.78, 5) is 22.0. The molecule has 8 heteroatoms. The van der Waals surface area contributed by atoms with Crippen molar-refractivity contribution in [3.05, 3.63) is 34.0 Å². The molecule has 0 bridgehead atoms. The highest BCUT2D eigenvalue weighted by molar-refractivity contribution is 5.94. The largest absolute Gasteiger partial charge is 0.496 e. The van der Waals surface area contributed by atoms with Gasteiger partial charge >= 0.3 is 5.97 Å². The molecule has 0 fully saturated rings. The van der Waals surface area contributed by atoms with Crippen molar-refractivity contribution in [2.45, 2.75) is 6.42 Å². The number of aromatic nitrogens is 1. The van der Waals surface area contributed by atoms with Crippen LogP contribution in [0.15, 0.2) is 18.3 Å². The number of carboxylic acids is 1. The summed E-state index contributed by atoms with van der Waals surface area (Å²) in [6.07, 6.45) is 1.83. The van der Waals surface area contributed by atoms with E-state index >= 15 is 0 Å². The van der Waals surface area contributed by atoms with Gasteiger partial charge in [-0.2, -0.15) is 0 Å². The Morgan fingerprint density at radius 3 is 2.73 bits per heavy atom. The minimum atomic E-state index is -1.02. The minimum Gasteiger partial charge on any atom is -0.496 e. The molecule has 1 aromatic carbocycles. The number of nitro benzene ring substituents is 1. The smallest absolute Gasteiger partial charge is 0.308 e. The molecule has 0 saturated heterocycles. The first-order valence-corrected chi connectivity index (χ1v) is 6.62. The van der Waals surface area contributed by atoms with E-state index in [0.717, 1.165) is 0 Å². The number of fused-ring (bicyclic) bond motifs is 1. The summed E-state index contributed by atoms with van der Waals surface area (Å²) in [5, 5.41) is 20.9. The zero-order valence-electron chi connectivity index (χ0n) is 12.3. The molecule has 1 heterocycles. The maximum atomic E-state index is 11.3. The molecule has 22 heavy (non-hydrogen) atoms. The number of aliphatic carboxylic acids is 1. The average molecular weight is 307 g/mol. The number of benzene rings is 1. The van der Waals surface area contributed by atoms with Gasteiger partial charge in [0.25, 0.3) is 5.69 Å². The number of rotatable bonds is 6. The molecule has 0 saturated carbocycles. The highest BCUT2D eigenvalue weighted by atomic mass is 16.6. The topological polar surface area (TPSA) is 121 Å². The van der Waals surface area contributed by atoms with Crippen LogP contribution in [0.3, 0.4) is 0 Å². The molecule has 2 rings (SSSR count). The number of carboxylic acid groups (broad SMARTS) is 1. The van der Waals surface area contributed by atoms with Crippen LogP contribution in [0.2, 0.25) is 0 Å². The molecule has 1 unspecified atom stereocenters. The number of aryl methyl sites for hydroxylation is 1. The number of hydrogen-bond acceptors (Lipinski definition) is 5. The molecule has 0 radical (unpaired) electrons. The van der Waals surface area contributed by atoms with Crippen LogP contribution < -0.4 is 10.5 Å². The Balaban J connectivity index is 2.66. The van der Waals surface area contributed by atoms with E-state index in [-0.39, 0.29) is 18.7 Å². The first-order chi connectivity index (χ1) is 10.4. The number of non-ortho nitro benzene ring substituents is 1. The molecule has 0 spiro atoms. The number of nitrogens with zero attached hydrogens (tertiary/aromatic N) is 2. The van der Waals surface area contributed by atoms with E-state index in [0.29, 0.717) is 22.2 Å². The van der Waals surface area contributed by atoms with E-state index in [1.807, 2.05) is 0 Å². The second-order valence-corrected chi connectivity index (χ2v) is 5.04. The van der Waals surface area contributed by atoms with Crippen molar-refractivity contribution in [1.29, 1.82) is 0 Å². The van der Waals surface area contributed by atoms with Gasteiger partial charge in [0, 0.05) is 25.9 Å². The number of methoxy groups -OCH3 is 1. The molecule has 0 aliphatic carbocycles. The molecule has 2 aromatic rings. The summed E-state index contributed by atoms with van der Waals surface area (Å²) in [6.45, 7) is -0.0321. The van der Waals surface area contributed by atoms with Crippen molar-refractivity contribution < 1.29 is 19.6 Å². The number of carbonyl (C=O) groups is 1. The third-order valence-corrected chi connectivity index (χ3v) is 3.65. The highest BCUT2D eigenvalue weighted by Gasteiger charge is 2.24. The van der Waals surface area contributed by atoms with Gasteiger partial charge in [0.2, 0.25) is 0 Å². The zero-order valence-corrected chi connectivity index (χ0v) is 12.3. The van der Waals surface area contributed by atoms with E-state index in [4.69, 9.17) is 15.6 Å². The lowest BCUT2D eigenvalue weighted by Gasteiger charge is -2.08.